The summed E-state index contributed by atoms with van der Waals surface area (Å²) in [7, 11) is 0. The second-order valence-electron chi connectivity index (χ2n) is 8.34. The fourth-order valence-corrected chi connectivity index (χ4v) is 6.69. The predicted octanol–water partition coefficient (Wildman–Crippen LogP) is 9.39. The molecule has 0 spiro atoms. The van der Waals surface area contributed by atoms with Crippen LogP contribution in [0, 0.1) is 0 Å². The Morgan fingerprint density at radius 3 is 2.23 bits per heavy atom. The molecule has 0 aliphatic heterocycles. The van der Waals surface area contributed by atoms with E-state index in [0.29, 0.717) is 0 Å². The summed E-state index contributed by atoms with van der Waals surface area (Å²) in [5.41, 5.74) is 7.55. The zero-order valence-electron chi connectivity index (χ0n) is 18.7. The van der Waals surface area contributed by atoms with E-state index in [9.17, 15) is 0 Å². The van der Waals surface area contributed by atoms with Crippen molar-refractivity contribution in [3.8, 4) is 20.9 Å². The van der Waals surface area contributed by atoms with Gasteiger partial charge in [0.25, 0.3) is 0 Å². The maximum Gasteiger partial charge on any atom is 0.114 e. The van der Waals surface area contributed by atoms with Gasteiger partial charge in [0.05, 0.1) is 11.7 Å². The van der Waals surface area contributed by atoms with Crippen LogP contribution in [0.5, 0.6) is 0 Å². The van der Waals surface area contributed by atoms with E-state index in [1.807, 2.05) is 22.7 Å². The van der Waals surface area contributed by atoms with Crippen molar-refractivity contribution in [2.24, 2.45) is 0 Å². The van der Waals surface area contributed by atoms with Crippen molar-refractivity contribution in [2.75, 3.05) is 0 Å². The molecule has 0 saturated carbocycles. The van der Waals surface area contributed by atoms with Crippen molar-refractivity contribution >= 4 is 45.4 Å². The Balaban J connectivity index is 1.56. The van der Waals surface area contributed by atoms with Gasteiger partial charge in [0.1, 0.15) is 11.0 Å². The van der Waals surface area contributed by atoms with Crippen molar-refractivity contribution in [3.05, 3.63) is 46.2 Å². The van der Waals surface area contributed by atoms with E-state index >= 15 is 0 Å². The third kappa shape index (κ3) is 5.44. The number of hydrogen-bond acceptors (Lipinski definition) is 5. The zero-order valence-corrected chi connectivity index (χ0v) is 21.1. The molecule has 2 nitrogen and oxygen atoms in total. The monoisotopic (exact) mass is 468 g/mol. The van der Waals surface area contributed by atoms with Crippen molar-refractivity contribution in [2.45, 2.75) is 78.1 Å². The molecule has 0 saturated heterocycles. The largest absolute Gasteiger partial charge is 0.172 e. The number of rotatable bonds is 12. The van der Waals surface area contributed by atoms with Crippen LogP contribution in [0.3, 0.4) is 0 Å². The van der Waals surface area contributed by atoms with Gasteiger partial charge in [-0.05, 0) is 59.7 Å². The van der Waals surface area contributed by atoms with Crippen LogP contribution in [-0.4, -0.2) is 8.75 Å². The second kappa shape index (κ2) is 11.3. The fourth-order valence-electron chi connectivity index (χ4n) is 4.16. The molecule has 31 heavy (non-hydrogen) atoms. The fraction of sp³-hybridized carbons (Fsp3) is 0.462. The highest BCUT2D eigenvalue weighted by Gasteiger charge is 2.17. The first-order chi connectivity index (χ1) is 15.3. The van der Waals surface area contributed by atoms with E-state index < -0.39 is 0 Å². The van der Waals surface area contributed by atoms with Gasteiger partial charge in [-0.25, -0.2) is 0 Å². The standard InChI is InChI=1S/C26H32N2S3/c1-3-5-7-9-11-19-17-23(30-18-19)21-13-14-22(25-24(21)27-31-28-25)26-20(15-16-29-26)12-10-8-6-4-2/h13-18H,3-12H2,1-2H3. The van der Waals surface area contributed by atoms with E-state index in [4.69, 9.17) is 8.75 Å². The quantitative estimate of drug-likeness (QED) is 0.193. The Morgan fingerprint density at radius 1 is 0.742 bits per heavy atom. The minimum Gasteiger partial charge on any atom is -0.172 e. The van der Waals surface area contributed by atoms with Crippen LogP contribution in [-0.2, 0) is 12.8 Å². The summed E-state index contributed by atoms with van der Waals surface area (Å²) in [6.07, 6.45) is 12.8. The van der Waals surface area contributed by atoms with Gasteiger partial charge in [0.2, 0.25) is 0 Å². The Bertz CT molecular complexity index is 1090. The lowest BCUT2D eigenvalue weighted by atomic mass is 10.0. The molecule has 0 atom stereocenters. The van der Waals surface area contributed by atoms with Crippen LogP contribution in [0.4, 0.5) is 0 Å². The Kier molecular flexibility index (Phi) is 8.28. The molecule has 0 amide bonds. The van der Waals surface area contributed by atoms with Crippen molar-refractivity contribution < 1.29 is 0 Å². The molecule has 1 aromatic carbocycles. The molecule has 4 aromatic rings. The number of benzene rings is 1. The highest BCUT2D eigenvalue weighted by Crippen LogP contribution is 2.40. The van der Waals surface area contributed by atoms with Crippen molar-refractivity contribution in [3.63, 3.8) is 0 Å². The topological polar surface area (TPSA) is 25.8 Å². The summed E-state index contributed by atoms with van der Waals surface area (Å²) in [6, 6.07) is 9.22. The molecule has 0 N–H and O–H groups in total. The minimum absolute atomic E-state index is 1.06. The highest BCUT2D eigenvalue weighted by atomic mass is 32.1. The molecule has 0 unspecified atom stereocenters. The smallest absolute Gasteiger partial charge is 0.114 e. The number of hydrogen-bond donors (Lipinski definition) is 0. The third-order valence-electron chi connectivity index (χ3n) is 5.94. The predicted molar refractivity (Wildman–Crippen MR) is 140 cm³/mol. The highest BCUT2D eigenvalue weighted by molar-refractivity contribution is 7.14. The lowest BCUT2D eigenvalue weighted by Crippen LogP contribution is -1.88. The second-order valence-corrected chi connectivity index (χ2v) is 10.7. The number of thiophene rings is 2. The molecule has 0 radical (unpaired) electrons. The average molecular weight is 469 g/mol. The summed E-state index contributed by atoms with van der Waals surface area (Å²) in [6.45, 7) is 4.54. The molecule has 0 fully saturated rings. The summed E-state index contributed by atoms with van der Waals surface area (Å²) in [5.74, 6) is 0. The Labute approximate surface area is 198 Å². The van der Waals surface area contributed by atoms with E-state index in [1.165, 1.54) is 102 Å². The van der Waals surface area contributed by atoms with Crippen LogP contribution in [0.2, 0.25) is 0 Å². The molecule has 164 valence electrons. The number of unbranched alkanes of at least 4 members (excludes halogenated alkanes) is 6. The number of fused-ring (bicyclic) bond motifs is 1. The first-order valence-corrected chi connectivity index (χ1v) is 14.2. The van der Waals surface area contributed by atoms with E-state index in [2.05, 4.69) is 48.9 Å². The van der Waals surface area contributed by atoms with Crippen LogP contribution in [0.25, 0.3) is 31.9 Å². The zero-order chi connectivity index (χ0) is 21.5. The van der Waals surface area contributed by atoms with E-state index in [1.54, 1.807) is 0 Å². The lowest BCUT2D eigenvalue weighted by Gasteiger charge is -2.07. The SMILES string of the molecule is CCCCCCc1csc(-c2ccc(-c3sccc3CCCCCC)c3nsnc23)c1. The number of aromatic nitrogens is 2. The van der Waals surface area contributed by atoms with Gasteiger partial charge in [-0.2, -0.15) is 8.75 Å². The van der Waals surface area contributed by atoms with Crippen LogP contribution < -0.4 is 0 Å². The maximum atomic E-state index is 4.73. The summed E-state index contributed by atoms with van der Waals surface area (Å²) >= 11 is 5.03. The third-order valence-corrected chi connectivity index (χ3v) is 8.48. The van der Waals surface area contributed by atoms with Gasteiger partial charge in [0.15, 0.2) is 0 Å². The summed E-state index contributed by atoms with van der Waals surface area (Å²) in [5, 5.41) is 4.56. The lowest BCUT2D eigenvalue weighted by molar-refractivity contribution is 0.667. The van der Waals surface area contributed by atoms with Gasteiger partial charge in [-0.1, -0.05) is 64.5 Å². The first kappa shape index (κ1) is 22.6. The van der Waals surface area contributed by atoms with Gasteiger partial charge < -0.3 is 0 Å². The molecule has 0 aliphatic rings. The number of nitrogens with zero attached hydrogens (tertiary/aromatic N) is 2. The van der Waals surface area contributed by atoms with Gasteiger partial charge >= 0.3 is 0 Å². The molecular formula is C26H32N2S3. The first-order valence-electron chi connectivity index (χ1n) is 11.7. The van der Waals surface area contributed by atoms with Crippen LogP contribution in [0.1, 0.15) is 76.3 Å². The van der Waals surface area contributed by atoms with Gasteiger partial charge in [-0.3, -0.25) is 0 Å². The molecule has 3 heterocycles. The van der Waals surface area contributed by atoms with Crippen molar-refractivity contribution in [1.82, 2.24) is 8.75 Å². The molecule has 5 heteroatoms. The maximum absolute atomic E-state index is 4.73. The summed E-state index contributed by atoms with van der Waals surface area (Å²) < 4.78 is 9.45. The van der Waals surface area contributed by atoms with Crippen LogP contribution >= 0.6 is 34.4 Å². The number of aryl methyl sites for hydroxylation is 2. The van der Waals surface area contributed by atoms with Crippen LogP contribution in [0.15, 0.2) is 35.0 Å². The van der Waals surface area contributed by atoms with Gasteiger partial charge in [0, 0.05) is 20.9 Å². The minimum atomic E-state index is 1.06. The molecule has 0 bridgehead atoms. The van der Waals surface area contributed by atoms with E-state index in [-0.39, 0.29) is 0 Å². The molecule has 3 aromatic heterocycles. The summed E-state index contributed by atoms with van der Waals surface area (Å²) in [4.78, 5) is 2.70. The average Bonchev–Trinajstić information content (AvgIpc) is 3.54. The normalized spacial score (nSPS) is 11.5. The van der Waals surface area contributed by atoms with Crippen molar-refractivity contribution in [1.29, 1.82) is 0 Å². The van der Waals surface area contributed by atoms with Gasteiger partial charge in [-0.15, -0.1) is 22.7 Å². The molecular weight excluding hydrogens is 437 g/mol. The van der Waals surface area contributed by atoms with E-state index in [0.717, 1.165) is 17.5 Å². The molecule has 0 aliphatic carbocycles. The Morgan fingerprint density at radius 2 is 1.45 bits per heavy atom. The Hall–Kier alpha value is -1.56. The molecule has 4 rings (SSSR count).